The minimum Gasteiger partial charge on any atom is -0.393 e. The summed E-state index contributed by atoms with van der Waals surface area (Å²) in [6.45, 7) is 3.43. The zero-order valence-corrected chi connectivity index (χ0v) is 27.7. The molecule has 1 aliphatic heterocycles. The van der Waals surface area contributed by atoms with Crippen molar-refractivity contribution < 1.29 is 36.6 Å². The lowest BCUT2D eigenvalue weighted by Crippen LogP contribution is -2.46. The van der Waals surface area contributed by atoms with Gasteiger partial charge in [0.25, 0.3) is 0 Å². The van der Waals surface area contributed by atoms with E-state index in [0.29, 0.717) is 31.9 Å². The standard InChI is InChI=1S/C34H29F6N11O2/c1-19(52)14-26-31(51-18-42-45-47-51)29(22-4-2-3-5-24(22)35)30(33(37)43-26)23-8-6-20(15-25(23)36)48-10-12-49(13-11-48)21-7-9-28(41-16-21)50-17-27(44-46-50)32(53)34(38,39)40/h2-9,15-19,32,52-53H,10-14H2,1H3. The van der Waals surface area contributed by atoms with Gasteiger partial charge in [-0.2, -0.15) is 22.2 Å². The number of hydrogen-bond acceptors (Lipinski definition) is 11. The van der Waals surface area contributed by atoms with Gasteiger partial charge in [0.2, 0.25) is 5.95 Å². The van der Waals surface area contributed by atoms with E-state index in [2.05, 4.69) is 35.8 Å². The lowest BCUT2D eigenvalue weighted by molar-refractivity contribution is -0.208. The normalized spacial score (nSPS) is 14.8. The maximum Gasteiger partial charge on any atom is 0.420 e. The van der Waals surface area contributed by atoms with Crippen LogP contribution in [0.3, 0.4) is 0 Å². The van der Waals surface area contributed by atoms with Gasteiger partial charge in [-0.1, -0.05) is 23.4 Å². The van der Waals surface area contributed by atoms with Crippen molar-refractivity contribution in [3.8, 4) is 33.8 Å². The second-order valence-electron chi connectivity index (χ2n) is 12.3. The minimum atomic E-state index is -4.89. The number of halogens is 6. The highest BCUT2D eigenvalue weighted by atomic mass is 19.4. The van der Waals surface area contributed by atoms with Crippen molar-refractivity contribution in [2.24, 2.45) is 0 Å². The molecule has 13 nitrogen and oxygen atoms in total. The molecule has 2 atom stereocenters. The molecule has 7 rings (SSSR count). The van der Waals surface area contributed by atoms with Crippen molar-refractivity contribution in [2.45, 2.75) is 31.7 Å². The number of benzene rings is 2. The topological polar surface area (TPSA) is 147 Å². The monoisotopic (exact) mass is 737 g/mol. The molecule has 0 radical (unpaired) electrons. The van der Waals surface area contributed by atoms with Crippen molar-refractivity contribution in [3.63, 3.8) is 0 Å². The van der Waals surface area contributed by atoms with E-state index in [4.69, 9.17) is 0 Å². The maximum absolute atomic E-state index is 16.2. The highest BCUT2D eigenvalue weighted by Gasteiger charge is 2.41. The largest absolute Gasteiger partial charge is 0.420 e. The zero-order chi connectivity index (χ0) is 37.4. The number of aliphatic hydroxyl groups excluding tert-OH is 2. The molecule has 0 bridgehead atoms. The van der Waals surface area contributed by atoms with Crippen molar-refractivity contribution in [3.05, 3.63) is 102 Å². The van der Waals surface area contributed by atoms with Crippen LogP contribution in [0, 0.1) is 17.6 Å². The molecular weight excluding hydrogens is 708 g/mol. The number of nitrogens with zero attached hydrogens (tertiary/aromatic N) is 11. The van der Waals surface area contributed by atoms with Crippen molar-refractivity contribution in [2.75, 3.05) is 36.0 Å². The molecule has 1 fully saturated rings. The van der Waals surface area contributed by atoms with Crippen molar-refractivity contribution >= 4 is 11.4 Å². The highest BCUT2D eigenvalue weighted by Crippen LogP contribution is 2.42. The van der Waals surface area contributed by atoms with E-state index in [1.807, 2.05) is 9.80 Å². The van der Waals surface area contributed by atoms with Crippen molar-refractivity contribution in [1.29, 1.82) is 0 Å². The number of alkyl halides is 3. The number of hydrogen-bond donors (Lipinski definition) is 2. The van der Waals surface area contributed by atoms with E-state index in [9.17, 15) is 23.4 Å². The van der Waals surface area contributed by atoms with Crippen LogP contribution in [-0.4, -0.2) is 93.8 Å². The number of rotatable bonds is 9. The molecule has 2 aromatic carbocycles. The fourth-order valence-electron chi connectivity index (χ4n) is 6.21. The van der Waals surface area contributed by atoms with Crippen LogP contribution >= 0.6 is 0 Å². The molecule has 19 heteroatoms. The molecule has 2 N–H and O–H groups in total. The van der Waals surface area contributed by atoms with E-state index in [1.165, 1.54) is 54.5 Å². The zero-order valence-electron chi connectivity index (χ0n) is 27.7. The second-order valence-corrected chi connectivity index (χ2v) is 12.3. The molecule has 0 aliphatic carbocycles. The minimum absolute atomic E-state index is 0.0402. The Labute approximate surface area is 296 Å². The molecule has 0 spiro atoms. The third-order valence-electron chi connectivity index (χ3n) is 8.71. The van der Waals surface area contributed by atoms with Gasteiger partial charge in [0.15, 0.2) is 11.9 Å². The first-order chi connectivity index (χ1) is 25.4. The second kappa shape index (κ2) is 14.2. The number of anilines is 2. The molecule has 1 saturated heterocycles. The third-order valence-corrected chi connectivity index (χ3v) is 8.71. The van der Waals surface area contributed by atoms with Gasteiger partial charge in [-0.15, -0.1) is 10.2 Å². The maximum atomic E-state index is 16.2. The third kappa shape index (κ3) is 7.12. The summed E-state index contributed by atoms with van der Waals surface area (Å²) in [4.78, 5) is 12.3. The summed E-state index contributed by atoms with van der Waals surface area (Å²) in [5, 5.41) is 37.9. The molecule has 6 aromatic rings. The van der Waals surface area contributed by atoms with Crippen LogP contribution in [0.25, 0.3) is 33.8 Å². The molecule has 1 aliphatic rings. The van der Waals surface area contributed by atoms with Gasteiger partial charge in [-0.05, 0) is 53.7 Å². The predicted octanol–water partition coefficient (Wildman–Crippen LogP) is 4.63. The van der Waals surface area contributed by atoms with Crippen LogP contribution < -0.4 is 9.80 Å². The molecule has 2 unspecified atom stereocenters. The van der Waals surface area contributed by atoms with Gasteiger partial charge in [-0.25, -0.2) is 23.4 Å². The Morgan fingerprint density at radius 2 is 1.51 bits per heavy atom. The number of tetrazole rings is 1. The SMILES string of the molecule is CC(O)Cc1nc(F)c(-c2ccc(N3CCN(c4ccc(-n5cc(C(O)C(F)(F)F)nn5)nc4)CC3)cc2F)c(-c2ccccc2F)c1-n1cnnn1. The quantitative estimate of drug-likeness (QED) is 0.158. The van der Waals surface area contributed by atoms with Gasteiger partial charge in [-0.3, -0.25) is 0 Å². The van der Waals surface area contributed by atoms with E-state index < -0.39 is 41.7 Å². The smallest absolute Gasteiger partial charge is 0.393 e. The van der Waals surface area contributed by atoms with Crippen LogP contribution in [0.2, 0.25) is 0 Å². The van der Waals surface area contributed by atoms with E-state index in [1.54, 1.807) is 24.3 Å². The summed E-state index contributed by atoms with van der Waals surface area (Å²) in [5.74, 6) is -2.36. The Morgan fingerprint density at radius 1 is 0.811 bits per heavy atom. The average Bonchev–Trinajstić information content (AvgIpc) is 3.85. The number of aromatic nitrogens is 9. The molecule has 5 heterocycles. The Kier molecular flexibility index (Phi) is 9.52. The highest BCUT2D eigenvalue weighted by molar-refractivity contribution is 5.90. The lowest BCUT2D eigenvalue weighted by atomic mass is 9.91. The summed E-state index contributed by atoms with van der Waals surface area (Å²) < 4.78 is 88.4. The number of aliphatic hydroxyl groups is 2. The Balaban J connectivity index is 1.14. The van der Waals surface area contributed by atoms with Gasteiger partial charge in [0.05, 0.1) is 35.6 Å². The number of piperazine rings is 1. The summed E-state index contributed by atoms with van der Waals surface area (Å²) in [6.07, 6.45) is -5.03. The van der Waals surface area contributed by atoms with Gasteiger partial charge < -0.3 is 20.0 Å². The molecule has 53 heavy (non-hydrogen) atoms. The van der Waals surface area contributed by atoms with Crippen LogP contribution in [0.1, 0.15) is 24.4 Å². The van der Waals surface area contributed by atoms with E-state index in [0.717, 1.165) is 16.6 Å². The fourth-order valence-corrected chi connectivity index (χ4v) is 6.21. The summed E-state index contributed by atoms with van der Waals surface area (Å²) in [5.41, 5.74) is 0.157. The molecule has 0 saturated carbocycles. The lowest BCUT2D eigenvalue weighted by Gasteiger charge is -2.37. The van der Waals surface area contributed by atoms with E-state index in [-0.39, 0.29) is 45.9 Å². The van der Waals surface area contributed by atoms with Crippen molar-refractivity contribution in [1.82, 2.24) is 45.2 Å². The molecule has 0 amide bonds. The van der Waals surface area contributed by atoms with Crippen LogP contribution in [0.15, 0.2) is 73.3 Å². The van der Waals surface area contributed by atoms with Gasteiger partial charge in [0.1, 0.15) is 23.7 Å². The Morgan fingerprint density at radius 3 is 2.13 bits per heavy atom. The molecule has 274 valence electrons. The first-order valence-electron chi connectivity index (χ1n) is 16.2. The average molecular weight is 738 g/mol. The number of pyridine rings is 2. The summed E-state index contributed by atoms with van der Waals surface area (Å²) in [7, 11) is 0. The van der Waals surface area contributed by atoms with Gasteiger partial charge >= 0.3 is 6.18 Å². The Bertz CT molecular complexity index is 2220. The summed E-state index contributed by atoms with van der Waals surface area (Å²) in [6, 6.07) is 13.2. The fraction of sp³-hybridized carbons (Fsp3) is 0.265. The van der Waals surface area contributed by atoms with Crippen LogP contribution in [0.4, 0.5) is 37.7 Å². The van der Waals surface area contributed by atoms with E-state index >= 15 is 13.2 Å². The first kappa shape index (κ1) is 35.5. The molecule has 4 aromatic heterocycles. The Hall–Kier alpha value is -5.95. The van der Waals surface area contributed by atoms with Crippen LogP contribution in [0.5, 0.6) is 0 Å². The summed E-state index contributed by atoms with van der Waals surface area (Å²) >= 11 is 0. The molecular formula is C34H29F6N11O2. The first-order valence-corrected chi connectivity index (χ1v) is 16.2. The van der Waals surface area contributed by atoms with Crippen LogP contribution in [-0.2, 0) is 6.42 Å². The predicted molar refractivity (Wildman–Crippen MR) is 178 cm³/mol. The van der Waals surface area contributed by atoms with Gasteiger partial charge in [0, 0.05) is 60.5 Å².